The molecule has 0 spiro atoms. The normalized spacial score (nSPS) is 11.1. The lowest BCUT2D eigenvalue weighted by atomic mass is 10.3. The summed E-state index contributed by atoms with van der Waals surface area (Å²) in [5.41, 5.74) is 2.52. The summed E-state index contributed by atoms with van der Waals surface area (Å²) in [7, 11) is 1.37. The van der Waals surface area contributed by atoms with Crippen LogP contribution in [0.4, 0.5) is 5.69 Å². The van der Waals surface area contributed by atoms with Gasteiger partial charge in [-0.2, -0.15) is 0 Å². The molecule has 29 heavy (non-hydrogen) atoms. The van der Waals surface area contributed by atoms with Crippen LogP contribution in [0, 0.1) is 0 Å². The Labute approximate surface area is 183 Å². The van der Waals surface area contributed by atoms with Crippen molar-refractivity contribution >= 4 is 84.2 Å². The van der Waals surface area contributed by atoms with Gasteiger partial charge in [0.2, 0.25) is 5.91 Å². The second-order valence-electron chi connectivity index (χ2n) is 5.81. The molecule has 148 valence electrons. The van der Waals surface area contributed by atoms with Gasteiger partial charge >= 0.3 is 5.97 Å². The van der Waals surface area contributed by atoms with E-state index in [0.29, 0.717) is 5.75 Å². The van der Waals surface area contributed by atoms with Crippen LogP contribution in [0.2, 0.25) is 0 Å². The summed E-state index contributed by atoms with van der Waals surface area (Å²) in [5, 5.41) is 2.92. The zero-order valence-corrected chi connectivity index (χ0v) is 18.5. The van der Waals surface area contributed by atoms with E-state index in [2.05, 4.69) is 20.0 Å². The molecule has 2 aromatic carbocycles. The molecule has 0 radical (unpaired) electrons. The van der Waals surface area contributed by atoms with Crippen molar-refractivity contribution in [3.8, 4) is 0 Å². The van der Waals surface area contributed by atoms with Gasteiger partial charge in [0.1, 0.15) is 0 Å². The Kier molecular flexibility index (Phi) is 6.34. The molecule has 0 aliphatic carbocycles. The number of thiazole rings is 2. The monoisotopic (exact) mass is 461 g/mol. The Morgan fingerprint density at radius 3 is 2.41 bits per heavy atom. The topological polar surface area (TPSA) is 81.2 Å². The predicted molar refractivity (Wildman–Crippen MR) is 121 cm³/mol. The summed E-state index contributed by atoms with van der Waals surface area (Å²) in [6.45, 7) is 0. The van der Waals surface area contributed by atoms with Crippen molar-refractivity contribution < 1.29 is 14.3 Å². The van der Waals surface area contributed by atoms with E-state index in [9.17, 15) is 9.59 Å². The first-order valence-corrected chi connectivity index (χ1v) is 12.1. The number of rotatable bonds is 7. The third kappa shape index (κ3) is 5.08. The number of anilines is 1. The fourth-order valence-corrected chi connectivity index (χ4v) is 6.27. The molecule has 0 aliphatic heterocycles. The van der Waals surface area contributed by atoms with E-state index < -0.39 is 0 Å². The largest absolute Gasteiger partial charge is 0.468 e. The molecule has 0 saturated carbocycles. The van der Waals surface area contributed by atoms with Crippen LogP contribution in [-0.2, 0) is 14.3 Å². The maximum Gasteiger partial charge on any atom is 0.316 e. The minimum absolute atomic E-state index is 0.0848. The highest BCUT2D eigenvalue weighted by molar-refractivity contribution is 8.02. The molecule has 0 fully saturated rings. The van der Waals surface area contributed by atoms with Gasteiger partial charge < -0.3 is 10.1 Å². The zero-order chi connectivity index (χ0) is 20.2. The fraction of sp³-hybridized carbons (Fsp3) is 0.158. The van der Waals surface area contributed by atoms with Crippen molar-refractivity contribution in [2.45, 2.75) is 8.68 Å². The lowest BCUT2D eigenvalue weighted by molar-refractivity contribution is -0.137. The highest BCUT2D eigenvalue weighted by Crippen LogP contribution is 2.32. The molecule has 0 unspecified atom stereocenters. The van der Waals surface area contributed by atoms with E-state index in [1.54, 1.807) is 11.3 Å². The van der Waals surface area contributed by atoms with Gasteiger partial charge in [0.05, 0.1) is 39.0 Å². The van der Waals surface area contributed by atoms with Gasteiger partial charge in [-0.25, -0.2) is 9.97 Å². The number of para-hydroxylation sites is 1. The van der Waals surface area contributed by atoms with Crippen LogP contribution in [0.25, 0.3) is 20.4 Å². The lowest BCUT2D eigenvalue weighted by Gasteiger charge is -2.03. The van der Waals surface area contributed by atoms with E-state index in [1.165, 1.54) is 42.0 Å². The number of fused-ring (bicyclic) bond motifs is 2. The number of hydrogen-bond acceptors (Lipinski definition) is 9. The van der Waals surface area contributed by atoms with Gasteiger partial charge in [-0.05, 0) is 30.3 Å². The quantitative estimate of drug-likeness (QED) is 0.310. The number of benzene rings is 2. The average molecular weight is 462 g/mol. The molecule has 4 aromatic rings. The van der Waals surface area contributed by atoms with Gasteiger partial charge in [-0.15, -0.1) is 22.7 Å². The maximum atomic E-state index is 12.3. The molecule has 6 nitrogen and oxygen atoms in total. The molecule has 2 heterocycles. The van der Waals surface area contributed by atoms with Crippen LogP contribution in [0.3, 0.4) is 0 Å². The maximum absolute atomic E-state index is 12.3. The van der Waals surface area contributed by atoms with Gasteiger partial charge in [0, 0.05) is 5.69 Å². The minimum Gasteiger partial charge on any atom is -0.468 e. The molecule has 0 saturated heterocycles. The van der Waals surface area contributed by atoms with Crippen molar-refractivity contribution in [1.82, 2.24) is 9.97 Å². The molecule has 0 atom stereocenters. The van der Waals surface area contributed by atoms with E-state index in [1.807, 2.05) is 42.5 Å². The summed E-state index contributed by atoms with van der Waals surface area (Å²) in [4.78, 5) is 32.6. The summed E-state index contributed by atoms with van der Waals surface area (Å²) in [6, 6.07) is 13.5. The summed E-state index contributed by atoms with van der Waals surface area (Å²) in [5.74, 6) is 0.148. The first kappa shape index (κ1) is 20.1. The van der Waals surface area contributed by atoms with Gasteiger partial charge in [-0.1, -0.05) is 35.7 Å². The second-order valence-corrected chi connectivity index (χ2v) is 10.3. The van der Waals surface area contributed by atoms with Crippen molar-refractivity contribution in [1.29, 1.82) is 0 Å². The number of nitrogens with zero attached hydrogens (tertiary/aromatic N) is 2. The van der Waals surface area contributed by atoms with Crippen molar-refractivity contribution in [3.63, 3.8) is 0 Å². The Morgan fingerprint density at radius 1 is 0.966 bits per heavy atom. The molecular formula is C19H15N3O3S4. The summed E-state index contributed by atoms with van der Waals surface area (Å²) < 4.78 is 8.39. The van der Waals surface area contributed by atoms with Gasteiger partial charge in [0.15, 0.2) is 8.68 Å². The molecule has 0 bridgehead atoms. The van der Waals surface area contributed by atoms with Crippen molar-refractivity contribution in [2.75, 3.05) is 23.9 Å². The number of methoxy groups -OCH3 is 1. The molecule has 1 N–H and O–H groups in total. The first-order valence-electron chi connectivity index (χ1n) is 8.49. The third-order valence-corrected chi connectivity index (χ3v) is 8.11. The highest BCUT2D eigenvalue weighted by Gasteiger charge is 2.11. The Balaban J connectivity index is 1.36. The molecule has 2 aromatic heterocycles. The fourth-order valence-electron chi connectivity index (χ4n) is 2.46. The van der Waals surface area contributed by atoms with Crippen LogP contribution in [-0.4, -0.2) is 40.5 Å². The first-order chi connectivity index (χ1) is 14.1. The van der Waals surface area contributed by atoms with Gasteiger partial charge in [0.25, 0.3) is 0 Å². The van der Waals surface area contributed by atoms with Crippen LogP contribution in [0.15, 0.2) is 51.1 Å². The number of hydrogen-bond donors (Lipinski definition) is 1. The molecular weight excluding hydrogens is 446 g/mol. The third-order valence-electron chi connectivity index (χ3n) is 3.79. The van der Waals surface area contributed by atoms with Crippen LogP contribution in [0.5, 0.6) is 0 Å². The standard InChI is InChI=1S/C19H15N3O3S4/c1-25-17(24)10-27-19-22-13-7-6-11(8-15(13)29-19)20-16(23)9-26-18-21-12-4-2-3-5-14(12)28-18/h2-8H,9-10H2,1H3,(H,20,23). The lowest BCUT2D eigenvalue weighted by Crippen LogP contribution is -2.13. The number of aromatic nitrogens is 2. The zero-order valence-electron chi connectivity index (χ0n) is 15.2. The molecule has 4 rings (SSSR count). The number of carbonyl (C=O) groups is 2. The highest BCUT2D eigenvalue weighted by atomic mass is 32.2. The van der Waals surface area contributed by atoms with E-state index >= 15 is 0 Å². The van der Waals surface area contributed by atoms with E-state index in [4.69, 9.17) is 0 Å². The minimum atomic E-state index is -0.284. The molecule has 1 amide bonds. The smallest absolute Gasteiger partial charge is 0.316 e. The van der Waals surface area contributed by atoms with E-state index in [-0.39, 0.29) is 17.6 Å². The predicted octanol–water partition coefficient (Wildman–Crippen LogP) is 4.90. The molecule has 10 heteroatoms. The number of thioether (sulfide) groups is 2. The number of amides is 1. The van der Waals surface area contributed by atoms with E-state index in [0.717, 1.165) is 34.8 Å². The Morgan fingerprint density at radius 2 is 1.66 bits per heavy atom. The summed E-state index contributed by atoms with van der Waals surface area (Å²) >= 11 is 5.84. The van der Waals surface area contributed by atoms with Crippen LogP contribution in [0.1, 0.15) is 0 Å². The Hall–Kier alpha value is -2.14. The average Bonchev–Trinajstić information content (AvgIpc) is 3.33. The number of carbonyl (C=O) groups excluding carboxylic acids is 2. The van der Waals surface area contributed by atoms with Crippen LogP contribution >= 0.6 is 46.2 Å². The number of esters is 1. The van der Waals surface area contributed by atoms with Crippen molar-refractivity contribution in [3.05, 3.63) is 42.5 Å². The second kappa shape index (κ2) is 9.12. The number of ether oxygens (including phenoxy) is 1. The Bertz CT molecular complexity index is 1150. The molecule has 0 aliphatic rings. The summed E-state index contributed by atoms with van der Waals surface area (Å²) in [6.07, 6.45) is 0. The SMILES string of the molecule is COC(=O)CSc1nc2ccc(NC(=O)CSc3nc4ccccc4s3)cc2s1. The van der Waals surface area contributed by atoms with Crippen LogP contribution < -0.4 is 5.32 Å². The van der Waals surface area contributed by atoms with Gasteiger partial charge in [-0.3, -0.25) is 9.59 Å². The number of nitrogens with one attached hydrogen (secondary N) is 1. The van der Waals surface area contributed by atoms with Crippen molar-refractivity contribution in [2.24, 2.45) is 0 Å².